The summed E-state index contributed by atoms with van der Waals surface area (Å²) in [7, 11) is 0. The van der Waals surface area contributed by atoms with Gasteiger partial charge in [0.2, 0.25) is 17.7 Å². The molecule has 0 spiro atoms. The molecule has 0 bridgehead atoms. The Hall–Kier alpha value is -3.03. The number of aliphatic hydroxyl groups excluding tert-OH is 2. The molecule has 1 heterocycles. The van der Waals surface area contributed by atoms with E-state index in [-0.39, 0.29) is 6.42 Å². The first kappa shape index (κ1) is 26.0. The molecule has 1 rings (SSSR count). The number of nitrogens with two attached hydrogens (primary N) is 1. The summed E-state index contributed by atoms with van der Waals surface area (Å²) in [6.07, 6.45) is 1.36. The Bertz CT molecular complexity index is 753. The molecule has 13 nitrogen and oxygen atoms in total. The number of hydrogen-bond acceptors (Lipinski definition) is 8. The summed E-state index contributed by atoms with van der Waals surface area (Å²) >= 11 is 0. The van der Waals surface area contributed by atoms with Crippen LogP contribution in [0.2, 0.25) is 0 Å². The van der Waals surface area contributed by atoms with E-state index in [2.05, 4.69) is 25.9 Å². The van der Waals surface area contributed by atoms with E-state index in [1.807, 2.05) is 0 Å². The number of nitrogens with one attached hydrogen (secondary N) is 4. The van der Waals surface area contributed by atoms with E-state index in [1.165, 1.54) is 19.4 Å². The minimum Gasteiger partial charge on any atom is -0.480 e. The number of imidazole rings is 1. The van der Waals surface area contributed by atoms with Crippen LogP contribution in [0.4, 0.5) is 0 Å². The van der Waals surface area contributed by atoms with Gasteiger partial charge < -0.3 is 42.0 Å². The molecule has 174 valence electrons. The molecule has 9 N–H and O–H groups in total. The van der Waals surface area contributed by atoms with Crippen LogP contribution in [-0.2, 0) is 25.6 Å². The Morgan fingerprint density at radius 1 is 1.06 bits per heavy atom. The molecule has 5 unspecified atom stereocenters. The quantitative estimate of drug-likeness (QED) is 0.163. The van der Waals surface area contributed by atoms with Gasteiger partial charge in [-0.05, 0) is 12.8 Å². The minimum atomic E-state index is -1.59. The third-order valence-corrected chi connectivity index (χ3v) is 4.44. The molecule has 31 heavy (non-hydrogen) atoms. The van der Waals surface area contributed by atoms with Crippen LogP contribution in [-0.4, -0.2) is 85.9 Å². The molecule has 1 aromatic heterocycles. The molecule has 0 radical (unpaired) electrons. The molecular formula is C18H30N6O7. The topological polar surface area (TPSA) is 220 Å². The number of hydrogen-bond donors (Lipinski definition) is 8. The van der Waals surface area contributed by atoms with Crippen LogP contribution in [0.5, 0.6) is 0 Å². The first-order valence-electron chi connectivity index (χ1n) is 9.63. The van der Waals surface area contributed by atoms with E-state index in [4.69, 9.17) is 10.8 Å². The first-order chi connectivity index (χ1) is 14.5. The van der Waals surface area contributed by atoms with E-state index in [9.17, 15) is 29.4 Å². The fourth-order valence-electron chi connectivity index (χ4n) is 2.61. The molecule has 0 fully saturated rings. The molecule has 1 aromatic rings. The second-order valence-electron chi connectivity index (χ2n) is 7.43. The summed E-state index contributed by atoms with van der Waals surface area (Å²) in [6, 6.07) is -5.12. The van der Waals surface area contributed by atoms with Crippen molar-refractivity contribution in [3.05, 3.63) is 18.2 Å². The van der Waals surface area contributed by atoms with Crippen molar-refractivity contribution in [2.24, 2.45) is 11.7 Å². The maximum absolute atomic E-state index is 12.8. The Morgan fingerprint density at radius 3 is 2.13 bits per heavy atom. The zero-order chi connectivity index (χ0) is 23.7. The number of nitrogens with zero attached hydrogens (tertiary/aromatic N) is 1. The van der Waals surface area contributed by atoms with Gasteiger partial charge in [0.15, 0.2) is 6.04 Å². The van der Waals surface area contributed by atoms with Gasteiger partial charge in [0.25, 0.3) is 0 Å². The zero-order valence-corrected chi connectivity index (χ0v) is 17.5. The van der Waals surface area contributed by atoms with Crippen LogP contribution in [0.1, 0.15) is 26.5 Å². The van der Waals surface area contributed by atoms with Gasteiger partial charge in [-0.3, -0.25) is 14.4 Å². The van der Waals surface area contributed by atoms with Crippen molar-refractivity contribution in [3.8, 4) is 0 Å². The normalized spacial score (nSPS) is 16.0. The zero-order valence-electron chi connectivity index (χ0n) is 17.5. The number of carbonyl (C=O) groups is 4. The third kappa shape index (κ3) is 7.96. The molecule has 0 aliphatic heterocycles. The highest BCUT2D eigenvalue weighted by Crippen LogP contribution is 2.06. The van der Waals surface area contributed by atoms with Crippen LogP contribution < -0.4 is 21.7 Å². The van der Waals surface area contributed by atoms with Crippen molar-refractivity contribution in [2.75, 3.05) is 6.61 Å². The number of aliphatic hydroxyl groups is 2. The van der Waals surface area contributed by atoms with E-state index in [0.29, 0.717) is 5.69 Å². The number of aromatic amines is 1. The predicted octanol–water partition coefficient (Wildman–Crippen LogP) is -3.15. The van der Waals surface area contributed by atoms with Gasteiger partial charge in [-0.1, -0.05) is 13.8 Å². The van der Waals surface area contributed by atoms with Gasteiger partial charge in [0.05, 0.1) is 19.0 Å². The SMILES string of the molecule is CC(C)C(NC(=O)C(N)CO)C(=O)NC(Cc1cnc[nH]1)C(=O)NC(C(=O)O)C(C)O. The number of aliphatic carboxylic acids is 1. The van der Waals surface area contributed by atoms with Gasteiger partial charge in [-0.2, -0.15) is 0 Å². The van der Waals surface area contributed by atoms with Crippen LogP contribution in [0, 0.1) is 5.92 Å². The average Bonchev–Trinajstić information content (AvgIpc) is 3.20. The first-order valence-corrected chi connectivity index (χ1v) is 9.63. The van der Waals surface area contributed by atoms with E-state index in [0.717, 1.165) is 0 Å². The van der Waals surface area contributed by atoms with Crippen molar-refractivity contribution in [3.63, 3.8) is 0 Å². The molecule has 0 saturated heterocycles. The lowest BCUT2D eigenvalue weighted by atomic mass is 10.0. The smallest absolute Gasteiger partial charge is 0.328 e. The second-order valence-corrected chi connectivity index (χ2v) is 7.43. The number of rotatable bonds is 12. The third-order valence-electron chi connectivity index (χ3n) is 4.44. The standard InChI is InChI=1S/C18H30N6O7/c1-8(2)13(23-15(27)11(19)6-25)17(29)22-12(4-10-5-20-7-21-10)16(28)24-14(9(3)26)18(30)31/h5,7-9,11-14,25-26H,4,6,19H2,1-3H3,(H,20,21)(H,22,29)(H,23,27)(H,24,28)(H,30,31). The van der Waals surface area contributed by atoms with Crippen LogP contribution >= 0.6 is 0 Å². The number of amides is 3. The van der Waals surface area contributed by atoms with Gasteiger partial charge in [0.1, 0.15) is 18.1 Å². The number of H-pyrrole nitrogens is 1. The van der Waals surface area contributed by atoms with Crippen molar-refractivity contribution >= 4 is 23.7 Å². The largest absolute Gasteiger partial charge is 0.480 e. The van der Waals surface area contributed by atoms with Crippen molar-refractivity contribution in [1.82, 2.24) is 25.9 Å². The minimum absolute atomic E-state index is 0.0569. The molecule has 5 atom stereocenters. The molecule has 13 heteroatoms. The van der Waals surface area contributed by atoms with E-state index >= 15 is 0 Å². The number of carboxylic acid groups (broad SMARTS) is 1. The van der Waals surface area contributed by atoms with Crippen LogP contribution in [0.25, 0.3) is 0 Å². The van der Waals surface area contributed by atoms with Gasteiger partial charge >= 0.3 is 5.97 Å². The highest BCUT2D eigenvalue weighted by atomic mass is 16.4. The Labute approximate surface area is 178 Å². The van der Waals surface area contributed by atoms with Crippen molar-refractivity contribution < 1.29 is 34.5 Å². The summed E-state index contributed by atoms with van der Waals surface area (Å²) in [5.41, 5.74) is 5.95. The molecule has 0 saturated carbocycles. The molecule has 0 aromatic carbocycles. The Morgan fingerprint density at radius 2 is 1.68 bits per heavy atom. The van der Waals surface area contributed by atoms with Crippen molar-refractivity contribution in [2.45, 2.75) is 57.5 Å². The van der Waals surface area contributed by atoms with E-state index in [1.54, 1.807) is 13.8 Å². The summed E-state index contributed by atoms with van der Waals surface area (Å²) in [5, 5.41) is 34.9. The van der Waals surface area contributed by atoms with Gasteiger partial charge in [-0.25, -0.2) is 9.78 Å². The lowest BCUT2D eigenvalue weighted by Gasteiger charge is -2.27. The predicted molar refractivity (Wildman–Crippen MR) is 107 cm³/mol. The maximum atomic E-state index is 12.8. The second kappa shape index (κ2) is 12.0. The van der Waals surface area contributed by atoms with E-state index < -0.39 is 66.5 Å². The summed E-state index contributed by atoms with van der Waals surface area (Å²) in [6.45, 7) is 3.91. The van der Waals surface area contributed by atoms with Crippen molar-refractivity contribution in [1.29, 1.82) is 0 Å². The van der Waals surface area contributed by atoms with Gasteiger partial charge in [0, 0.05) is 18.3 Å². The molecule has 0 aliphatic rings. The lowest BCUT2D eigenvalue weighted by Crippen LogP contribution is -2.60. The Kier molecular flexibility index (Phi) is 10.0. The maximum Gasteiger partial charge on any atom is 0.328 e. The number of carbonyl (C=O) groups excluding carboxylic acids is 3. The number of aromatic nitrogens is 2. The lowest BCUT2D eigenvalue weighted by molar-refractivity contribution is -0.145. The average molecular weight is 442 g/mol. The van der Waals surface area contributed by atoms with Crippen LogP contribution in [0.15, 0.2) is 12.5 Å². The molecule has 0 aliphatic carbocycles. The van der Waals surface area contributed by atoms with Crippen LogP contribution in [0.3, 0.4) is 0 Å². The fourth-order valence-corrected chi connectivity index (χ4v) is 2.61. The highest BCUT2D eigenvalue weighted by Gasteiger charge is 2.33. The molecular weight excluding hydrogens is 412 g/mol. The number of carboxylic acids is 1. The summed E-state index contributed by atoms with van der Waals surface area (Å²) < 4.78 is 0. The molecule has 3 amide bonds. The summed E-state index contributed by atoms with van der Waals surface area (Å²) in [5.74, 6) is -4.14. The Balaban J connectivity index is 3.03. The van der Waals surface area contributed by atoms with Gasteiger partial charge in [-0.15, -0.1) is 0 Å². The monoisotopic (exact) mass is 442 g/mol. The fraction of sp³-hybridized carbons (Fsp3) is 0.611. The highest BCUT2D eigenvalue weighted by molar-refractivity contribution is 5.94. The summed E-state index contributed by atoms with van der Waals surface area (Å²) in [4.78, 5) is 55.5.